The molecule has 0 radical (unpaired) electrons. The predicted molar refractivity (Wildman–Crippen MR) is 108 cm³/mol. The lowest BCUT2D eigenvalue weighted by molar-refractivity contribution is 0.0711. The number of rotatable bonds is 10. The summed E-state index contributed by atoms with van der Waals surface area (Å²) >= 11 is 0. The van der Waals surface area contributed by atoms with Crippen molar-refractivity contribution in [2.24, 2.45) is 0 Å². The van der Waals surface area contributed by atoms with Gasteiger partial charge in [0.1, 0.15) is 12.4 Å². The number of aryl methyl sites for hydroxylation is 1. The van der Waals surface area contributed by atoms with Crippen LogP contribution in [0, 0.1) is 0 Å². The van der Waals surface area contributed by atoms with Gasteiger partial charge < -0.3 is 14.6 Å². The molecule has 0 saturated heterocycles. The monoisotopic (exact) mass is 352 g/mol. The summed E-state index contributed by atoms with van der Waals surface area (Å²) in [5.41, 5.74) is 1.36. The standard InChI is InChI=1S/C23H28O3/c1-2-3-4-7-18-10-11-20-17-19-8-5-6-9-21(19)23(22(20)16-18)26-15-14-25-13-12-24/h5-6,8-11,16-17,24H,2-4,7,12-15H2,1H3. The van der Waals surface area contributed by atoms with Crippen LogP contribution >= 0.6 is 0 Å². The molecule has 0 spiro atoms. The van der Waals surface area contributed by atoms with E-state index in [0.717, 1.165) is 17.6 Å². The minimum absolute atomic E-state index is 0.0400. The van der Waals surface area contributed by atoms with E-state index >= 15 is 0 Å². The first kappa shape index (κ1) is 18.7. The van der Waals surface area contributed by atoms with Gasteiger partial charge >= 0.3 is 0 Å². The molecule has 0 bridgehead atoms. The highest BCUT2D eigenvalue weighted by Gasteiger charge is 2.10. The van der Waals surface area contributed by atoms with Gasteiger partial charge in [0, 0.05) is 10.8 Å². The lowest BCUT2D eigenvalue weighted by Crippen LogP contribution is -2.09. The normalized spacial score (nSPS) is 11.3. The van der Waals surface area contributed by atoms with Gasteiger partial charge in [0.25, 0.3) is 0 Å². The first-order valence-electron chi connectivity index (χ1n) is 9.59. The van der Waals surface area contributed by atoms with Crippen LogP contribution in [-0.4, -0.2) is 31.5 Å². The van der Waals surface area contributed by atoms with Crippen LogP contribution in [0.4, 0.5) is 0 Å². The number of benzene rings is 3. The van der Waals surface area contributed by atoms with Gasteiger partial charge in [0.05, 0.1) is 19.8 Å². The highest BCUT2D eigenvalue weighted by Crippen LogP contribution is 2.35. The molecule has 0 atom stereocenters. The molecule has 0 aromatic heterocycles. The number of aliphatic hydroxyl groups is 1. The van der Waals surface area contributed by atoms with E-state index in [1.54, 1.807) is 0 Å². The maximum absolute atomic E-state index is 8.82. The second-order valence-electron chi connectivity index (χ2n) is 6.62. The van der Waals surface area contributed by atoms with Crippen molar-refractivity contribution >= 4 is 21.5 Å². The van der Waals surface area contributed by atoms with Crippen molar-refractivity contribution in [2.75, 3.05) is 26.4 Å². The highest BCUT2D eigenvalue weighted by atomic mass is 16.5. The largest absolute Gasteiger partial charge is 0.490 e. The van der Waals surface area contributed by atoms with Crippen molar-refractivity contribution in [2.45, 2.75) is 32.6 Å². The van der Waals surface area contributed by atoms with Gasteiger partial charge in [-0.15, -0.1) is 0 Å². The van der Waals surface area contributed by atoms with E-state index < -0.39 is 0 Å². The van der Waals surface area contributed by atoms with Crippen LogP contribution in [0.3, 0.4) is 0 Å². The lowest BCUT2D eigenvalue weighted by Gasteiger charge is -2.14. The van der Waals surface area contributed by atoms with Gasteiger partial charge in [-0.1, -0.05) is 56.2 Å². The summed E-state index contributed by atoms with van der Waals surface area (Å²) in [4.78, 5) is 0. The first-order valence-corrected chi connectivity index (χ1v) is 9.59. The third-order valence-corrected chi connectivity index (χ3v) is 4.66. The van der Waals surface area contributed by atoms with E-state index in [9.17, 15) is 0 Å². The molecule has 138 valence electrons. The van der Waals surface area contributed by atoms with Crippen molar-refractivity contribution in [3.63, 3.8) is 0 Å². The Balaban J connectivity index is 1.93. The smallest absolute Gasteiger partial charge is 0.135 e. The van der Waals surface area contributed by atoms with Crippen molar-refractivity contribution < 1.29 is 14.6 Å². The van der Waals surface area contributed by atoms with Gasteiger partial charge in [-0.2, -0.15) is 0 Å². The topological polar surface area (TPSA) is 38.7 Å². The third kappa shape index (κ3) is 4.54. The molecule has 26 heavy (non-hydrogen) atoms. The van der Waals surface area contributed by atoms with Crippen LogP contribution in [0.2, 0.25) is 0 Å². The van der Waals surface area contributed by atoms with Crippen LogP contribution in [0.5, 0.6) is 5.75 Å². The number of hydrogen-bond donors (Lipinski definition) is 1. The van der Waals surface area contributed by atoms with E-state index in [0.29, 0.717) is 19.8 Å². The average Bonchev–Trinajstić information content (AvgIpc) is 2.67. The molecule has 1 N–H and O–H groups in total. The second kappa shape index (κ2) is 9.56. The molecule has 0 saturated carbocycles. The van der Waals surface area contributed by atoms with Crippen molar-refractivity contribution in [3.05, 3.63) is 54.1 Å². The first-order chi connectivity index (χ1) is 12.8. The molecule has 0 amide bonds. The Morgan fingerprint density at radius 2 is 1.69 bits per heavy atom. The van der Waals surface area contributed by atoms with Gasteiger partial charge in [0.15, 0.2) is 0 Å². The fourth-order valence-corrected chi connectivity index (χ4v) is 3.33. The molecule has 0 heterocycles. The van der Waals surface area contributed by atoms with Crippen LogP contribution < -0.4 is 4.74 Å². The minimum atomic E-state index is 0.0400. The predicted octanol–water partition coefficient (Wildman–Crippen LogP) is 5.11. The SMILES string of the molecule is CCCCCc1ccc2cc3ccccc3c(OCCOCCO)c2c1. The Kier molecular flexibility index (Phi) is 6.87. The highest BCUT2D eigenvalue weighted by molar-refractivity contribution is 6.05. The summed E-state index contributed by atoms with van der Waals surface area (Å²) in [6.45, 7) is 3.57. The molecule has 0 unspecified atom stereocenters. The molecule has 3 nitrogen and oxygen atoms in total. The summed E-state index contributed by atoms with van der Waals surface area (Å²) in [6, 6.07) is 17.3. The Morgan fingerprint density at radius 1 is 0.846 bits per heavy atom. The van der Waals surface area contributed by atoms with Crippen LogP contribution in [0.25, 0.3) is 21.5 Å². The summed E-state index contributed by atoms with van der Waals surface area (Å²) < 4.78 is 11.5. The Morgan fingerprint density at radius 3 is 2.54 bits per heavy atom. The zero-order valence-corrected chi connectivity index (χ0v) is 15.5. The minimum Gasteiger partial charge on any atom is -0.490 e. The molecule has 3 aromatic rings. The number of ether oxygens (including phenoxy) is 2. The van der Waals surface area contributed by atoms with Crippen molar-refractivity contribution in [3.8, 4) is 5.75 Å². The fraction of sp³-hybridized carbons (Fsp3) is 0.391. The van der Waals surface area contributed by atoms with Crippen molar-refractivity contribution in [1.82, 2.24) is 0 Å². The molecule has 0 aliphatic rings. The number of unbranched alkanes of at least 4 members (excludes halogenated alkanes) is 2. The van der Waals surface area contributed by atoms with E-state index in [1.165, 1.54) is 41.0 Å². The van der Waals surface area contributed by atoms with E-state index in [4.69, 9.17) is 14.6 Å². The Hall–Kier alpha value is -2.10. The molecular formula is C23H28O3. The zero-order chi connectivity index (χ0) is 18.2. The van der Waals surface area contributed by atoms with Crippen molar-refractivity contribution in [1.29, 1.82) is 0 Å². The fourth-order valence-electron chi connectivity index (χ4n) is 3.33. The molecule has 0 fully saturated rings. The average molecular weight is 352 g/mol. The van der Waals surface area contributed by atoms with Gasteiger partial charge in [-0.05, 0) is 41.3 Å². The maximum atomic E-state index is 8.82. The number of aliphatic hydroxyl groups excluding tert-OH is 1. The molecule has 3 aromatic carbocycles. The van der Waals surface area contributed by atoms with Gasteiger partial charge in [0.2, 0.25) is 0 Å². The summed E-state index contributed by atoms with van der Waals surface area (Å²) in [5.74, 6) is 0.933. The van der Waals surface area contributed by atoms with Crippen LogP contribution in [0.15, 0.2) is 48.5 Å². The molecule has 0 aliphatic carbocycles. The molecule has 0 aliphatic heterocycles. The Labute approximate surface area is 155 Å². The quantitative estimate of drug-likeness (QED) is 0.407. The van der Waals surface area contributed by atoms with Gasteiger partial charge in [-0.3, -0.25) is 0 Å². The second-order valence-corrected chi connectivity index (χ2v) is 6.62. The van der Waals surface area contributed by atoms with E-state index in [-0.39, 0.29) is 6.61 Å². The summed E-state index contributed by atoms with van der Waals surface area (Å²) in [7, 11) is 0. The van der Waals surface area contributed by atoms with Crippen LogP contribution in [-0.2, 0) is 11.2 Å². The number of hydrogen-bond acceptors (Lipinski definition) is 3. The summed E-state index contributed by atoms with van der Waals surface area (Å²) in [5, 5.41) is 13.5. The Bertz CT molecular complexity index is 841. The number of fused-ring (bicyclic) bond motifs is 2. The molecular weight excluding hydrogens is 324 g/mol. The summed E-state index contributed by atoms with van der Waals surface area (Å²) in [6.07, 6.45) is 4.83. The van der Waals surface area contributed by atoms with Crippen LogP contribution in [0.1, 0.15) is 31.7 Å². The third-order valence-electron chi connectivity index (χ3n) is 4.66. The molecule has 3 heteroatoms. The van der Waals surface area contributed by atoms with E-state index in [2.05, 4.69) is 49.4 Å². The van der Waals surface area contributed by atoms with E-state index in [1.807, 2.05) is 6.07 Å². The molecule has 3 rings (SSSR count). The lowest BCUT2D eigenvalue weighted by atomic mass is 9.98. The maximum Gasteiger partial charge on any atom is 0.135 e. The van der Waals surface area contributed by atoms with Gasteiger partial charge in [-0.25, -0.2) is 0 Å². The zero-order valence-electron chi connectivity index (χ0n) is 15.5.